The van der Waals surface area contributed by atoms with Crippen molar-refractivity contribution in [1.82, 2.24) is 25.1 Å². The van der Waals surface area contributed by atoms with Crippen molar-refractivity contribution in [2.75, 3.05) is 0 Å². The molecule has 144 valence electrons. The number of hydrogen-bond donors (Lipinski definition) is 1. The largest absolute Gasteiger partial charge is 0.349 e. The van der Waals surface area contributed by atoms with Gasteiger partial charge in [-0.05, 0) is 48.6 Å². The van der Waals surface area contributed by atoms with Crippen LogP contribution in [-0.4, -0.2) is 25.7 Å². The number of nitrogens with zero attached hydrogens (tertiary/aromatic N) is 4. The number of hydrogen-bond acceptors (Lipinski definition) is 4. The van der Waals surface area contributed by atoms with Gasteiger partial charge in [0.25, 0.3) is 0 Å². The average Bonchev–Trinajstić information content (AvgIpc) is 3.18. The van der Waals surface area contributed by atoms with Crippen LogP contribution in [0.3, 0.4) is 0 Å². The number of benzene rings is 1. The molecule has 0 saturated heterocycles. The highest BCUT2D eigenvalue weighted by molar-refractivity contribution is 5.83. The molecule has 1 aliphatic rings. The number of aryl methyl sites for hydroxylation is 1. The summed E-state index contributed by atoms with van der Waals surface area (Å²) in [5, 5.41) is 8.61. The van der Waals surface area contributed by atoms with Gasteiger partial charge in [0.15, 0.2) is 0 Å². The number of amides is 1. The van der Waals surface area contributed by atoms with E-state index in [0.717, 1.165) is 41.5 Å². The monoisotopic (exact) mass is 383 g/mol. The summed E-state index contributed by atoms with van der Waals surface area (Å²) < 4.78 is 1.83. The molecular formula is C23H21N5O. The Balaban J connectivity index is 1.33. The quantitative estimate of drug-likeness (QED) is 0.585. The minimum Gasteiger partial charge on any atom is -0.349 e. The molecule has 6 nitrogen and oxygen atoms in total. The van der Waals surface area contributed by atoms with Gasteiger partial charge in [-0.3, -0.25) is 14.8 Å². The summed E-state index contributed by atoms with van der Waals surface area (Å²) in [6.07, 6.45) is 10.5. The summed E-state index contributed by atoms with van der Waals surface area (Å²) in [5.74, 6) is 0.0000728. The van der Waals surface area contributed by atoms with Crippen LogP contribution in [0.25, 0.3) is 16.6 Å². The van der Waals surface area contributed by atoms with Gasteiger partial charge in [0.05, 0.1) is 41.8 Å². The molecule has 1 aromatic carbocycles. The van der Waals surface area contributed by atoms with Crippen LogP contribution >= 0.6 is 0 Å². The summed E-state index contributed by atoms with van der Waals surface area (Å²) in [6, 6.07) is 14.2. The van der Waals surface area contributed by atoms with Crippen LogP contribution in [0, 0.1) is 0 Å². The minimum absolute atomic E-state index is 0.0000728. The summed E-state index contributed by atoms with van der Waals surface area (Å²) in [5.41, 5.74) is 5.16. The van der Waals surface area contributed by atoms with Gasteiger partial charge in [-0.2, -0.15) is 5.10 Å². The second-order valence-corrected chi connectivity index (χ2v) is 7.38. The number of aromatic nitrogens is 4. The molecule has 0 aliphatic heterocycles. The molecule has 3 aromatic heterocycles. The molecule has 6 heteroatoms. The van der Waals surface area contributed by atoms with Gasteiger partial charge in [0.1, 0.15) is 0 Å². The van der Waals surface area contributed by atoms with E-state index < -0.39 is 0 Å². The molecule has 1 N–H and O–H groups in total. The third-order valence-electron chi connectivity index (χ3n) is 5.46. The second kappa shape index (κ2) is 7.47. The number of nitrogens with one attached hydrogen (secondary N) is 1. The van der Waals surface area contributed by atoms with Crippen LogP contribution in [0.15, 0.2) is 67.3 Å². The summed E-state index contributed by atoms with van der Waals surface area (Å²) >= 11 is 0. The average molecular weight is 383 g/mol. The molecule has 1 aliphatic carbocycles. The highest BCUT2D eigenvalue weighted by Crippen LogP contribution is 2.29. The van der Waals surface area contributed by atoms with Crippen molar-refractivity contribution >= 4 is 16.8 Å². The first-order chi connectivity index (χ1) is 14.3. The Bertz CT molecular complexity index is 1170. The molecule has 3 heterocycles. The maximum atomic E-state index is 12.7. The topological polar surface area (TPSA) is 72.7 Å². The molecule has 0 spiro atoms. The van der Waals surface area contributed by atoms with E-state index in [0.29, 0.717) is 0 Å². The van der Waals surface area contributed by atoms with Crippen molar-refractivity contribution in [3.8, 4) is 5.69 Å². The minimum atomic E-state index is 0.0000728. The molecule has 0 bridgehead atoms. The van der Waals surface area contributed by atoms with E-state index in [2.05, 4.69) is 38.6 Å². The van der Waals surface area contributed by atoms with Gasteiger partial charge in [-0.15, -0.1) is 0 Å². The zero-order valence-electron chi connectivity index (χ0n) is 16.0. The molecule has 0 saturated carbocycles. The lowest BCUT2D eigenvalue weighted by Crippen LogP contribution is -2.32. The number of carbonyl (C=O) groups is 1. The zero-order chi connectivity index (χ0) is 19.6. The van der Waals surface area contributed by atoms with Gasteiger partial charge in [0, 0.05) is 17.8 Å². The first-order valence-electron chi connectivity index (χ1n) is 9.88. The summed E-state index contributed by atoms with van der Waals surface area (Å²) in [6.45, 7) is 0. The van der Waals surface area contributed by atoms with E-state index in [1.165, 1.54) is 11.1 Å². The number of rotatable bonds is 4. The standard InChI is InChI=1S/C23H21N5O/c29-23(27-21-7-3-5-16-4-1-2-6-20(16)21)13-18-12-17-14-26-28(22(17)15-25-18)19-8-10-24-11-9-19/h1-2,4,6,8-12,14-15,21H,3,5,7,13H2,(H,27,29). The van der Waals surface area contributed by atoms with Crippen molar-refractivity contribution in [2.45, 2.75) is 31.7 Å². The van der Waals surface area contributed by atoms with Crippen LogP contribution in [0.4, 0.5) is 0 Å². The van der Waals surface area contributed by atoms with Gasteiger partial charge < -0.3 is 5.32 Å². The van der Waals surface area contributed by atoms with Crippen LogP contribution < -0.4 is 5.32 Å². The molecule has 1 unspecified atom stereocenters. The highest BCUT2D eigenvalue weighted by Gasteiger charge is 2.21. The van der Waals surface area contributed by atoms with E-state index in [1.807, 2.05) is 28.9 Å². The van der Waals surface area contributed by atoms with Gasteiger partial charge >= 0.3 is 0 Å². The van der Waals surface area contributed by atoms with Crippen LogP contribution in [-0.2, 0) is 17.6 Å². The van der Waals surface area contributed by atoms with Crippen LogP contribution in [0.1, 0.15) is 35.7 Å². The third-order valence-corrected chi connectivity index (χ3v) is 5.46. The lowest BCUT2D eigenvalue weighted by atomic mass is 9.87. The zero-order valence-corrected chi connectivity index (χ0v) is 16.0. The number of carbonyl (C=O) groups excluding carboxylic acids is 1. The first kappa shape index (κ1) is 17.6. The van der Waals surface area contributed by atoms with Gasteiger partial charge in [0.2, 0.25) is 5.91 Å². The molecule has 1 atom stereocenters. The molecular weight excluding hydrogens is 362 g/mol. The smallest absolute Gasteiger partial charge is 0.226 e. The van der Waals surface area contributed by atoms with Crippen molar-refractivity contribution in [3.05, 3.63) is 84.1 Å². The Labute approximate surface area is 168 Å². The van der Waals surface area contributed by atoms with E-state index in [9.17, 15) is 4.79 Å². The molecule has 4 aromatic rings. The predicted octanol–water partition coefficient (Wildman–Crippen LogP) is 3.55. The SMILES string of the molecule is O=C(Cc1cc2cnn(-c3ccncc3)c2cn1)NC1CCCc2ccccc21. The van der Waals surface area contributed by atoms with Crippen molar-refractivity contribution in [2.24, 2.45) is 0 Å². The first-order valence-corrected chi connectivity index (χ1v) is 9.88. The maximum absolute atomic E-state index is 12.7. The fourth-order valence-electron chi connectivity index (χ4n) is 4.07. The highest BCUT2D eigenvalue weighted by atomic mass is 16.1. The Kier molecular flexibility index (Phi) is 4.52. The number of pyridine rings is 2. The molecule has 5 rings (SSSR count). The van der Waals surface area contributed by atoms with Crippen molar-refractivity contribution in [3.63, 3.8) is 0 Å². The van der Waals surface area contributed by atoms with Crippen molar-refractivity contribution < 1.29 is 4.79 Å². The predicted molar refractivity (Wildman–Crippen MR) is 111 cm³/mol. The Hall–Kier alpha value is -3.54. The lowest BCUT2D eigenvalue weighted by molar-refractivity contribution is -0.121. The van der Waals surface area contributed by atoms with Crippen LogP contribution in [0.5, 0.6) is 0 Å². The van der Waals surface area contributed by atoms with E-state index in [4.69, 9.17) is 0 Å². The molecule has 0 radical (unpaired) electrons. The fourth-order valence-corrected chi connectivity index (χ4v) is 4.07. The second-order valence-electron chi connectivity index (χ2n) is 7.38. The Morgan fingerprint density at radius 2 is 2.00 bits per heavy atom. The molecule has 1 amide bonds. The summed E-state index contributed by atoms with van der Waals surface area (Å²) in [7, 11) is 0. The Morgan fingerprint density at radius 3 is 2.90 bits per heavy atom. The van der Waals surface area contributed by atoms with E-state index in [1.54, 1.807) is 24.8 Å². The molecule has 0 fully saturated rings. The van der Waals surface area contributed by atoms with Gasteiger partial charge in [-0.25, -0.2) is 4.68 Å². The van der Waals surface area contributed by atoms with E-state index >= 15 is 0 Å². The number of fused-ring (bicyclic) bond motifs is 2. The normalized spacial score (nSPS) is 15.8. The fraction of sp³-hybridized carbons (Fsp3) is 0.217. The van der Waals surface area contributed by atoms with Crippen LogP contribution in [0.2, 0.25) is 0 Å². The maximum Gasteiger partial charge on any atom is 0.226 e. The van der Waals surface area contributed by atoms with E-state index in [-0.39, 0.29) is 18.4 Å². The lowest BCUT2D eigenvalue weighted by Gasteiger charge is -2.26. The third kappa shape index (κ3) is 3.49. The summed E-state index contributed by atoms with van der Waals surface area (Å²) in [4.78, 5) is 21.2. The molecule has 29 heavy (non-hydrogen) atoms. The van der Waals surface area contributed by atoms with Gasteiger partial charge in [-0.1, -0.05) is 24.3 Å². The van der Waals surface area contributed by atoms with Crippen molar-refractivity contribution in [1.29, 1.82) is 0 Å². The Morgan fingerprint density at radius 1 is 1.14 bits per heavy atom.